The predicted octanol–water partition coefficient (Wildman–Crippen LogP) is 4.75. The molecule has 0 radical (unpaired) electrons. The molecule has 198 valence electrons. The number of anilines is 2. The fourth-order valence-corrected chi connectivity index (χ4v) is 4.05. The summed E-state index contributed by atoms with van der Waals surface area (Å²) in [4.78, 5) is 65.6. The van der Waals surface area contributed by atoms with E-state index >= 15 is 0 Å². The Labute approximate surface area is 217 Å². The van der Waals surface area contributed by atoms with Gasteiger partial charge in [-0.15, -0.1) is 0 Å². The molecule has 2 atom stereocenters. The zero-order chi connectivity index (χ0) is 27.4. The Balaban J connectivity index is 2.34. The summed E-state index contributed by atoms with van der Waals surface area (Å²) in [5.74, 6) is -2.45. The first-order chi connectivity index (χ1) is 16.6. The number of nitrogens with zero attached hydrogens (tertiary/aromatic N) is 1. The largest absolute Gasteiger partial charge is 0.326 e. The van der Waals surface area contributed by atoms with Crippen LogP contribution in [0.1, 0.15) is 74.1 Å². The SMILES string of the molecule is CCCCC(CC)C(=O)Nc1ccc(Cl)c(NC(=O)C(C(=O)C(C)(C)C)N2C(=O)NC(C)(C)C2=O)c1. The third-order valence-electron chi connectivity index (χ3n) is 6.15. The number of benzene rings is 1. The van der Waals surface area contributed by atoms with Crippen LogP contribution in [0.25, 0.3) is 0 Å². The van der Waals surface area contributed by atoms with Crippen molar-refractivity contribution in [1.82, 2.24) is 10.2 Å². The lowest BCUT2D eigenvalue weighted by Crippen LogP contribution is -2.55. The number of nitrogens with one attached hydrogen (secondary N) is 3. The predicted molar refractivity (Wildman–Crippen MR) is 140 cm³/mol. The molecular formula is C26H37ClN4O5. The maximum absolute atomic E-state index is 13.4. The van der Waals surface area contributed by atoms with Crippen molar-refractivity contribution in [2.45, 2.75) is 85.7 Å². The lowest BCUT2D eigenvalue weighted by molar-refractivity contribution is -0.144. The molecule has 10 heteroatoms. The van der Waals surface area contributed by atoms with Crippen molar-refractivity contribution in [1.29, 1.82) is 0 Å². The zero-order valence-corrected chi connectivity index (χ0v) is 22.8. The first-order valence-electron chi connectivity index (χ1n) is 12.2. The van der Waals surface area contributed by atoms with Gasteiger partial charge in [-0.2, -0.15) is 0 Å². The molecule has 1 aromatic carbocycles. The minimum atomic E-state index is -1.70. The molecule has 1 aliphatic heterocycles. The molecule has 0 saturated carbocycles. The Morgan fingerprint density at radius 2 is 1.72 bits per heavy atom. The second-order valence-electron chi connectivity index (χ2n) is 10.7. The third-order valence-corrected chi connectivity index (χ3v) is 6.48. The molecule has 1 aromatic rings. The Bertz CT molecular complexity index is 1050. The normalized spacial score (nSPS) is 16.8. The molecule has 1 aliphatic rings. The maximum Gasteiger partial charge on any atom is 0.326 e. The summed E-state index contributed by atoms with van der Waals surface area (Å²) in [7, 11) is 0. The van der Waals surface area contributed by atoms with Crippen molar-refractivity contribution in [3.05, 3.63) is 23.2 Å². The van der Waals surface area contributed by atoms with Crippen molar-refractivity contribution in [2.24, 2.45) is 11.3 Å². The van der Waals surface area contributed by atoms with Gasteiger partial charge in [-0.05, 0) is 44.9 Å². The fraction of sp³-hybridized carbons (Fsp3) is 0.577. The molecule has 1 saturated heterocycles. The van der Waals surface area contributed by atoms with Gasteiger partial charge in [0.25, 0.3) is 11.8 Å². The van der Waals surface area contributed by atoms with Gasteiger partial charge in [-0.1, -0.05) is 59.1 Å². The number of amides is 5. The van der Waals surface area contributed by atoms with Crippen molar-refractivity contribution < 1.29 is 24.0 Å². The zero-order valence-electron chi connectivity index (χ0n) is 22.1. The van der Waals surface area contributed by atoms with E-state index in [1.807, 2.05) is 6.92 Å². The number of unbranched alkanes of at least 4 members (excludes halogenated alkanes) is 1. The molecule has 0 aliphatic carbocycles. The van der Waals surface area contributed by atoms with Gasteiger partial charge in [0.1, 0.15) is 5.54 Å². The van der Waals surface area contributed by atoms with Crippen LogP contribution in [0.15, 0.2) is 18.2 Å². The van der Waals surface area contributed by atoms with Crippen LogP contribution in [0.5, 0.6) is 0 Å². The summed E-state index contributed by atoms with van der Waals surface area (Å²) < 4.78 is 0. The summed E-state index contributed by atoms with van der Waals surface area (Å²) in [5, 5.41) is 8.11. The van der Waals surface area contributed by atoms with Gasteiger partial charge in [0.15, 0.2) is 11.8 Å². The number of hydrogen-bond donors (Lipinski definition) is 3. The van der Waals surface area contributed by atoms with Gasteiger partial charge in [-0.25, -0.2) is 9.69 Å². The Morgan fingerprint density at radius 1 is 1.08 bits per heavy atom. The minimum Gasteiger partial charge on any atom is -0.326 e. The van der Waals surface area contributed by atoms with Crippen LogP contribution in [0.3, 0.4) is 0 Å². The number of carbonyl (C=O) groups is 5. The van der Waals surface area contributed by atoms with Crippen LogP contribution in [0.2, 0.25) is 5.02 Å². The summed E-state index contributed by atoms with van der Waals surface area (Å²) >= 11 is 6.30. The fourth-order valence-electron chi connectivity index (χ4n) is 3.89. The number of carbonyl (C=O) groups excluding carboxylic acids is 5. The van der Waals surface area contributed by atoms with E-state index in [9.17, 15) is 24.0 Å². The Hall–Kier alpha value is -2.94. The van der Waals surface area contributed by atoms with Crippen LogP contribution in [-0.2, 0) is 19.2 Å². The summed E-state index contributed by atoms with van der Waals surface area (Å²) in [6.45, 7) is 11.8. The second-order valence-corrected chi connectivity index (χ2v) is 11.1. The smallest absolute Gasteiger partial charge is 0.326 e. The molecule has 2 unspecified atom stereocenters. The number of imide groups is 1. The Kier molecular flexibility index (Phi) is 9.29. The average molecular weight is 521 g/mol. The summed E-state index contributed by atoms with van der Waals surface area (Å²) in [5.41, 5.74) is -1.73. The summed E-state index contributed by atoms with van der Waals surface area (Å²) in [6.07, 6.45) is 3.40. The van der Waals surface area contributed by atoms with E-state index in [0.717, 1.165) is 19.3 Å². The lowest BCUT2D eigenvalue weighted by Gasteiger charge is -2.29. The number of ketones is 1. The lowest BCUT2D eigenvalue weighted by atomic mass is 9.85. The highest BCUT2D eigenvalue weighted by Gasteiger charge is 2.53. The van der Waals surface area contributed by atoms with Gasteiger partial charge in [0, 0.05) is 17.0 Å². The third kappa shape index (κ3) is 6.63. The van der Waals surface area contributed by atoms with E-state index in [1.165, 1.54) is 26.0 Å². The van der Waals surface area contributed by atoms with Gasteiger partial charge < -0.3 is 16.0 Å². The van der Waals surface area contributed by atoms with Crippen molar-refractivity contribution in [3.63, 3.8) is 0 Å². The van der Waals surface area contributed by atoms with E-state index in [0.29, 0.717) is 17.0 Å². The number of halogens is 1. The first kappa shape index (κ1) is 29.3. The molecule has 3 N–H and O–H groups in total. The molecule has 36 heavy (non-hydrogen) atoms. The minimum absolute atomic E-state index is 0.132. The van der Waals surface area contributed by atoms with Gasteiger partial charge >= 0.3 is 6.03 Å². The number of Topliss-reactive ketones (excluding diaryl/α,β-unsaturated/α-hetero) is 1. The quantitative estimate of drug-likeness (QED) is 0.303. The Morgan fingerprint density at radius 3 is 2.22 bits per heavy atom. The molecule has 0 spiro atoms. The van der Waals surface area contributed by atoms with Crippen molar-refractivity contribution in [2.75, 3.05) is 10.6 Å². The first-order valence-corrected chi connectivity index (χ1v) is 12.6. The van der Waals surface area contributed by atoms with E-state index in [4.69, 9.17) is 11.6 Å². The molecule has 5 amide bonds. The topological polar surface area (TPSA) is 125 Å². The number of hydrogen-bond acceptors (Lipinski definition) is 5. The molecule has 0 aromatic heterocycles. The summed E-state index contributed by atoms with van der Waals surface area (Å²) in [6, 6.07) is 2.08. The van der Waals surface area contributed by atoms with Crippen LogP contribution >= 0.6 is 11.6 Å². The van der Waals surface area contributed by atoms with Crippen LogP contribution in [0.4, 0.5) is 16.2 Å². The molecule has 0 bridgehead atoms. The van der Waals surface area contributed by atoms with Gasteiger partial charge in [0.05, 0.1) is 10.7 Å². The highest BCUT2D eigenvalue weighted by atomic mass is 35.5. The van der Waals surface area contributed by atoms with E-state index < -0.39 is 40.6 Å². The van der Waals surface area contributed by atoms with E-state index in [-0.39, 0.29) is 22.5 Å². The maximum atomic E-state index is 13.4. The van der Waals surface area contributed by atoms with Crippen LogP contribution in [0, 0.1) is 11.3 Å². The van der Waals surface area contributed by atoms with Crippen molar-refractivity contribution >= 4 is 52.5 Å². The van der Waals surface area contributed by atoms with Gasteiger partial charge in [0.2, 0.25) is 5.91 Å². The van der Waals surface area contributed by atoms with Gasteiger partial charge in [-0.3, -0.25) is 19.2 Å². The van der Waals surface area contributed by atoms with Crippen LogP contribution < -0.4 is 16.0 Å². The van der Waals surface area contributed by atoms with E-state index in [1.54, 1.807) is 26.8 Å². The van der Waals surface area contributed by atoms with Crippen LogP contribution in [-0.4, -0.2) is 46.0 Å². The molecule has 2 rings (SSSR count). The van der Waals surface area contributed by atoms with E-state index in [2.05, 4.69) is 22.9 Å². The molecular weight excluding hydrogens is 484 g/mol. The average Bonchev–Trinajstić information content (AvgIpc) is 2.97. The second kappa shape index (κ2) is 11.4. The number of urea groups is 1. The molecule has 1 fully saturated rings. The number of rotatable bonds is 10. The molecule has 9 nitrogen and oxygen atoms in total. The van der Waals surface area contributed by atoms with Crippen molar-refractivity contribution in [3.8, 4) is 0 Å². The molecule has 1 heterocycles. The monoisotopic (exact) mass is 520 g/mol. The standard InChI is InChI=1S/C26H37ClN4O5/c1-8-10-11-15(9-2)21(33)28-16-12-13-17(27)18(14-16)29-22(34)19(20(32)25(3,4)5)31-23(35)26(6,7)30-24(31)36/h12-15,19H,8-11H2,1-7H3,(H,28,33)(H,29,34)(H,30,36). The highest BCUT2D eigenvalue weighted by Crippen LogP contribution is 2.30. The highest BCUT2D eigenvalue weighted by molar-refractivity contribution is 6.34.